The van der Waals surface area contributed by atoms with E-state index in [-0.39, 0.29) is 5.91 Å². The van der Waals surface area contributed by atoms with Crippen LogP contribution in [0.5, 0.6) is 0 Å². The molecule has 26 heavy (non-hydrogen) atoms. The highest BCUT2D eigenvalue weighted by Gasteiger charge is 2.17. The van der Waals surface area contributed by atoms with Crippen LogP contribution in [0.4, 0.5) is 0 Å². The van der Waals surface area contributed by atoms with Gasteiger partial charge in [0.15, 0.2) is 0 Å². The minimum absolute atomic E-state index is 0.114. The van der Waals surface area contributed by atoms with Gasteiger partial charge < -0.3 is 14.3 Å². The fourth-order valence-electron chi connectivity index (χ4n) is 2.99. The maximum Gasteiger partial charge on any atom is 0.253 e. The molecule has 6 heteroatoms. The van der Waals surface area contributed by atoms with Gasteiger partial charge in [-0.25, -0.2) is 4.98 Å². The van der Waals surface area contributed by atoms with Gasteiger partial charge in [0.25, 0.3) is 5.91 Å². The molecule has 4 rings (SSSR count). The first-order valence-corrected chi connectivity index (χ1v) is 8.41. The van der Waals surface area contributed by atoms with E-state index < -0.39 is 0 Å². The summed E-state index contributed by atoms with van der Waals surface area (Å²) in [6.07, 6.45) is 7.39. The maximum absolute atomic E-state index is 12.8. The summed E-state index contributed by atoms with van der Waals surface area (Å²) in [6, 6.07) is 11.5. The minimum atomic E-state index is -0.114. The molecule has 0 aliphatic carbocycles. The van der Waals surface area contributed by atoms with Crippen molar-refractivity contribution in [3.8, 4) is 11.4 Å². The second-order valence-electron chi connectivity index (χ2n) is 6.23. The van der Waals surface area contributed by atoms with Crippen LogP contribution < -0.4 is 5.32 Å². The first-order chi connectivity index (χ1) is 12.6. The summed E-state index contributed by atoms with van der Waals surface area (Å²) in [5, 5.41) is 2.97. The van der Waals surface area contributed by atoms with Gasteiger partial charge in [-0.2, -0.15) is 0 Å². The van der Waals surface area contributed by atoms with E-state index in [9.17, 15) is 4.79 Å². The van der Waals surface area contributed by atoms with Crippen molar-refractivity contribution in [1.29, 1.82) is 0 Å². The Bertz CT molecular complexity index is 1060. The van der Waals surface area contributed by atoms with Crippen LogP contribution in [0.3, 0.4) is 0 Å². The molecule has 4 aromatic heterocycles. The smallest absolute Gasteiger partial charge is 0.253 e. The van der Waals surface area contributed by atoms with Gasteiger partial charge in [0.1, 0.15) is 11.5 Å². The fourth-order valence-corrected chi connectivity index (χ4v) is 2.99. The van der Waals surface area contributed by atoms with Gasteiger partial charge in [-0.05, 0) is 36.8 Å². The monoisotopic (exact) mass is 345 g/mol. The standard InChI is InChI=1S/C20H19N5O/c1-14-23-17(13-24(14)2)19-10-16(18-7-3-4-9-25(18)19)20(26)22-12-15-6-5-8-21-11-15/h3-11,13H,12H2,1-2H3,(H,22,26). The Kier molecular flexibility index (Phi) is 4.01. The molecule has 6 nitrogen and oxygen atoms in total. The molecule has 0 bridgehead atoms. The SMILES string of the molecule is Cc1nc(-c2cc(C(=O)NCc3cccnc3)c3ccccn23)cn1C. The molecule has 0 saturated heterocycles. The second kappa shape index (κ2) is 6.48. The van der Waals surface area contributed by atoms with Gasteiger partial charge in [0, 0.05) is 38.4 Å². The van der Waals surface area contributed by atoms with E-state index in [0.717, 1.165) is 28.3 Å². The summed E-state index contributed by atoms with van der Waals surface area (Å²) in [6.45, 7) is 2.40. The number of rotatable bonds is 4. The van der Waals surface area contributed by atoms with Crippen molar-refractivity contribution in [3.63, 3.8) is 0 Å². The summed E-state index contributed by atoms with van der Waals surface area (Å²) in [4.78, 5) is 21.5. The number of fused-ring (bicyclic) bond motifs is 1. The van der Waals surface area contributed by atoms with E-state index in [4.69, 9.17) is 0 Å². The molecule has 0 aliphatic rings. The van der Waals surface area contributed by atoms with Crippen molar-refractivity contribution in [2.75, 3.05) is 0 Å². The topological polar surface area (TPSA) is 64.2 Å². The lowest BCUT2D eigenvalue weighted by molar-refractivity contribution is 0.0952. The van der Waals surface area contributed by atoms with Gasteiger partial charge in [-0.15, -0.1) is 0 Å². The largest absolute Gasteiger partial charge is 0.348 e. The number of imidazole rings is 1. The molecule has 1 N–H and O–H groups in total. The van der Waals surface area contributed by atoms with Crippen molar-refractivity contribution < 1.29 is 4.79 Å². The molecule has 4 aromatic rings. The number of aryl methyl sites for hydroxylation is 2. The first-order valence-electron chi connectivity index (χ1n) is 8.41. The van der Waals surface area contributed by atoms with E-state index >= 15 is 0 Å². The van der Waals surface area contributed by atoms with Crippen LogP contribution >= 0.6 is 0 Å². The highest BCUT2D eigenvalue weighted by Crippen LogP contribution is 2.25. The Morgan fingerprint density at radius 1 is 1.23 bits per heavy atom. The van der Waals surface area contributed by atoms with E-state index in [1.165, 1.54) is 0 Å². The molecule has 0 aliphatic heterocycles. The van der Waals surface area contributed by atoms with Crippen LogP contribution in [0.25, 0.3) is 16.9 Å². The number of carbonyl (C=O) groups is 1. The zero-order valence-electron chi connectivity index (χ0n) is 14.7. The minimum Gasteiger partial charge on any atom is -0.348 e. The third-order valence-corrected chi connectivity index (χ3v) is 4.47. The van der Waals surface area contributed by atoms with Crippen molar-refractivity contribution in [3.05, 3.63) is 78.1 Å². The van der Waals surface area contributed by atoms with E-state index in [0.29, 0.717) is 12.1 Å². The van der Waals surface area contributed by atoms with Crippen LogP contribution in [-0.4, -0.2) is 24.8 Å². The number of carbonyl (C=O) groups excluding carboxylic acids is 1. The zero-order valence-corrected chi connectivity index (χ0v) is 14.7. The van der Waals surface area contributed by atoms with E-state index in [1.807, 2.05) is 71.7 Å². The number of pyridine rings is 2. The van der Waals surface area contributed by atoms with Gasteiger partial charge in [-0.1, -0.05) is 12.1 Å². The second-order valence-corrected chi connectivity index (χ2v) is 6.23. The van der Waals surface area contributed by atoms with Gasteiger partial charge in [0.2, 0.25) is 0 Å². The van der Waals surface area contributed by atoms with E-state index in [1.54, 1.807) is 12.4 Å². The average Bonchev–Trinajstić information content (AvgIpc) is 3.21. The van der Waals surface area contributed by atoms with Crippen LogP contribution in [0.15, 0.2) is 61.2 Å². The summed E-state index contributed by atoms with van der Waals surface area (Å²) >= 11 is 0. The Labute approximate surface area is 151 Å². The van der Waals surface area contributed by atoms with Gasteiger partial charge in [0.05, 0.1) is 16.8 Å². The zero-order chi connectivity index (χ0) is 18.1. The number of hydrogen-bond acceptors (Lipinski definition) is 3. The molecular weight excluding hydrogens is 326 g/mol. The van der Waals surface area contributed by atoms with Crippen molar-refractivity contribution in [2.45, 2.75) is 13.5 Å². The molecule has 0 spiro atoms. The van der Waals surface area contributed by atoms with Gasteiger partial charge in [-0.3, -0.25) is 9.78 Å². The van der Waals surface area contributed by atoms with Crippen molar-refractivity contribution >= 4 is 11.4 Å². The van der Waals surface area contributed by atoms with Crippen molar-refractivity contribution in [2.24, 2.45) is 7.05 Å². The highest BCUT2D eigenvalue weighted by molar-refractivity contribution is 6.02. The van der Waals surface area contributed by atoms with E-state index in [2.05, 4.69) is 15.3 Å². The lowest BCUT2D eigenvalue weighted by Crippen LogP contribution is -2.22. The van der Waals surface area contributed by atoms with Crippen LogP contribution in [0.2, 0.25) is 0 Å². The molecular formula is C20H19N5O. The summed E-state index contributed by atoms with van der Waals surface area (Å²) in [7, 11) is 1.96. The number of aromatic nitrogens is 4. The number of amides is 1. The molecule has 0 saturated carbocycles. The molecule has 0 atom stereocenters. The number of nitrogens with zero attached hydrogens (tertiary/aromatic N) is 4. The van der Waals surface area contributed by atoms with Crippen molar-refractivity contribution in [1.82, 2.24) is 24.3 Å². The van der Waals surface area contributed by atoms with Crippen LogP contribution in [0.1, 0.15) is 21.7 Å². The summed E-state index contributed by atoms with van der Waals surface area (Å²) in [5.41, 5.74) is 4.19. The molecule has 0 unspecified atom stereocenters. The lowest BCUT2D eigenvalue weighted by Gasteiger charge is -2.04. The maximum atomic E-state index is 12.8. The van der Waals surface area contributed by atoms with Crippen LogP contribution in [0, 0.1) is 6.92 Å². The molecule has 0 fully saturated rings. The average molecular weight is 345 g/mol. The molecule has 0 aromatic carbocycles. The summed E-state index contributed by atoms with van der Waals surface area (Å²) in [5.74, 6) is 0.810. The molecule has 130 valence electrons. The normalized spacial score (nSPS) is 11.0. The Morgan fingerprint density at radius 2 is 2.12 bits per heavy atom. The molecule has 1 amide bonds. The number of nitrogens with one attached hydrogen (secondary N) is 1. The van der Waals surface area contributed by atoms with Crippen LogP contribution in [-0.2, 0) is 13.6 Å². The first kappa shape index (κ1) is 16.1. The Balaban J connectivity index is 1.70. The number of hydrogen-bond donors (Lipinski definition) is 1. The lowest BCUT2D eigenvalue weighted by atomic mass is 10.2. The molecule has 4 heterocycles. The highest BCUT2D eigenvalue weighted by atomic mass is 16.1. The third kappa shape index (κ3) is 2.86. The quantitative estimate of drug-likeness (QED) is 0.618. The Morgan fingerprint density at radius 3 is 2.85 bits per heavy atom. The Hall–Kier alpha value is -3.41. The predicted molar refractivity (Wildman–Crippen MR) is 99.7 cm³/mol. The van der Waals surface area contributed by atoms with Gasteiger partial charge >= 0.3 is 0 Å². The molecule has 0 radical (unpaired) electrons. The summed E-state index contributed by atoms with van der Waals surface area (Å²) < 4.78 is 3.97. The fraction of sp³-hybridized carbons (Fsp3) is 0.150. The third-order valence-electron chi connectivity index (χ3n) is 4.47. The predicted octanol–water partition coefficient (Wildman–Crippen LogP) is 2.97.